The molecule has 0 radical (unpaired) electrons. The largest absolute Gasteiger partial charge is 0.459 e. The number of carbonyl (C=O) groups is 6. The third kappa shape index (κ3) is 9.60. The van der Waals surface area contributed by atoms with Crippen LogP contribution in [-0.2, 0) is 35.3 Å². The van der Waals surface area contributed by atoms with Crippen LogP contribution in [0.2, 0.25) is 0 Å². The standard InChI is InChI=1S/C37H55N5O7/c1-22(2)27-18-19-42(30(27)33(45)39-28(20-24-16-17-24)31(43)32(38)44)34(46)29(26-14-10-7-11-15-26)40-36(48)41-37(5,23(3)4)35(47)49-21-25-12-8-6-9-13-25/h6,8-9,12-13,22-24,26-30H,7,10-11,14-21H2,1-5H3,(H2,38,44)(H,39,45)(H2,40,41,48)/t27-,28?,29+,30+,37+/m1/s1. The topological polar surface area (TPSA) is 177 Å². The van der Waals surface area contributed by atoms with Crippen LogP contribution in [0.3, 0.4) is 0 Å². The van der Waals surface area contributed by atoms with E-state index in [1.807, 2.05) is 58.0 Å². The second kappa shape index (κ2) is 16.6. The van der Waals surface area contributed by atoms with E-state index in [1.165, 1.54) is 4.90 Å². The molecule has 1 aromatic rings. The van der Waals surface area contributed by atoms with Crippen LogP contribution >= 0.6 is 0 Å². The third-order valence-corrected chi connectivity index (χ3v) is 10.8. The summed E-state index contributed by atoms with van der Waals surface area (Å²) in [5, 5.41) is 8.53. The maximum Gasteiger partial charge on any atom is 0.332 e. The number of nitrogens with two attached hydrogens (primary N) is 1. The minimum absolute atomic E-state index is 0.0420. The van der Waals surface area contributed by atoms with Gasteiger partial charge in [-0.1, -0.05) is 90.1 Å². The molecule has 12 nitrogen and oxygen atoms in total. The molecule has 4 rings (SSSR count). The van der Waals surface area contributed by atoms with E-state index in [4.69, 9.17) is 10.5 Å². The lowest BCUT2D eigenvalue weighted by molar-refractivity contribution is -0.153. The van der Waals surface area contributed by atoms with Crippen molar-refractivity contribution in [3.63, 3.8) is 0 Å². The van der Waals surface area contributed by atoms with Crippen molar-refractivity contribution in [1.82, 2.24) is 20.9 Å². The van der Waals surface area contributed by atoms with Crippen molar-refractivity contribution in [2.75, 3.05) is 6.54 Å². The molecule has 1 aliphatic heterocycles. The Morgan fingerprint density at radius 1 is 0.918 bits per heavy atom. The Morgan fingerprint density at radius 2 is 1.57 bits per heavy atom. The van der Waals surface area contributed by atoms with Crippen molar-refractivity contribution in [3.8, 4) is 0 Å². The zero-order valence-electron chi connectivity index (χ0n) is 29.7. The van der Waals surface area contributed by atoms with E-state index in [9.17, 15) is 28.8 Å². The maximum absolute atomic E-state index is 14.5. The van der Waals surface area contributed by atoms with Gasteiger partial charge >= 0.3 is 12.0 Å². The average Bonchev–Trinajstić information content (AvgIpc) is 3.78. The summed E-state index contributed by atoms with van der Waals surface area (Å²) < 4.78 is 5.62. The second-order valence-corrected chi connectivity index (χ2v) is 15.0. The van der Waals surface area contributed by atoms with E-state index in [0.29, 0.717) is 19.4 Å². The quantitative estimate of drug-likeness (QED) is 0.161. The molecule has 5 atom stereocenters. The molecule has 2 saturated carbocycles. The first-order chi connectivity index (χ1) is 23.2. The van der Waals surface area contributed by atoms with Gasteiger partial charge < -0.3 is 31.3 Å². The SMILES string of the molecule is CC(C)[C@H]1CCN(C(=O)[C@@H](NC(=O)N[C@](C)(C(=O)OCc2ccccc2)C(C)C)C2CCCCC2)[C@@H]1C(=O)NC(CC1CC1)C(=O)C(N)=O. The number of esters is 1. The number of ether oxygens (including phenoxy) is 1. The zero-order chi connectivity index (χ0) is 35.9. The first kappa shape index (κ1) is 37.9. The van der Waals surface area contributed by atoms with E-state index in [-0.39, 0.29) is 42.1 Å². The summed E-state index contributed by atoms with van der Waals surface area (Å²) in [6.45, 7) is 9.57. The Labute approximate surface area is 290 Å². The fraction of sp³-hybridized carbons (Fsp3) is 0.676. The van der Waals surface area contributed by atoms with Crippen LogP contribution in [0.1, 0.15) is 98.0 Å². The Kier molecular flexibility index (Phi) is 12.8. The van der Waals surface area contributed by atoms with E-state index in [2.05, 4.69) is 16.0 Å². The van der Waals surface area contributed by atoms with Crippen LogP contribution in [-0.4, -0.2) is 70.6 Å². The van der Waals surface area contributed by atoms with Crippen LogP contribution < -0.4 is 21.7 Å². The lowest BCUT2D eigenvalue weighted by Gasteiger charge is -2.37. The highest BCUT2D eigenvalue weighted by atomic mass is 16.5. The van der Waals surface area contributed by atoms with Gasteiger partial charge in [0.2, 0.25) is 17.6 Å². The summed E-state index contributed by atoms with van der Waals surface area (Å²) in [4.78, 5) is 81.7. The number of hydrogen-bond donors (Lipinski definition) is 4. The fourth-order valence-electron chi connectivity index (χ4n) is 7.19. The molecule has 0 aromatic heterocycles. The van der Waals surface area contributed by atoms with Gasteiger partial charge in [0.05, 0.1) is 6.04 Å². The molecule has 3 aliphatic rings. The minimum Gasteiger partial charge on any atom is -0.459 e. The summed E-state index contributed by atoms with van der Waals surface area (Å²) in [7, 11) is 0. The van der Waals surface area contributed by atoms with Crippen LogP contribution in [0.4, 0.5) is 4.79 Å². The number of hydrogen-bond acceptors (Lipinski definition) is 7. The second-order valence-electron chi connectivity index (χ2n) is 15.0. The van der Waals surface area contributed by atoms with E-state index in [0.717, 1.165) is 50.5 Å². The number of Topliss-reactive ketones (excluding diaryl/α,β-unsaturated/α-hetero) is 1. The number of likely N-dealkylation sites (tertiary alicyclic amines) is 1. The summed E-state index contributed by atoms with van der Waals surface area (Å²) in [5.74, 6) is -3.82. The molecule has 0 spiro atoms. The Morgan fingerprint density at radius 3 is 2.14 bits per heavy atom. The summed E-state index contributed by atoms with van der Waals surface area (Å²) >= 11 is 0. The zero-order valence-corrected chi connectivity index (χ0v) is 29.7. The predicted molar refractivity (Wildman–Crippen MR) is 183 cm³/mol. The van der Waals surface area contributed by atoms with Crippen LogP contribution in [0, 0.1) is 29.6 Å². The Bertz CT molecular complexity index is 1360. The summed E-state index contributed by atoms with van der Waals surface area (Å²) in [6.07, 6.45) is 7.03. The van der Waals surface area contributed by atoms with Gasteiger partial charge in [0.1, 0.15) is 24.2 Å². The van der Waals surface area contributed by atoms with E-state index < -0.39 is 53.3 Å². The molecule has 1 unspecified atom stereocenters. The predicted octanol–water partition coefficient (Wildman–Crippen LogP) is 3.61. The van der Waals surface area contributed by atoms with Crippen LogP contribution in [0.15, 0.2) is 30.3 Å². The summed E-state index contributed by atoms with van der Waals surface area (Å²) in [5.41, 5.74) is 4.76. The van der Waals surface area contributed by atoms with Crippen LogP contribution in [0.5, 0.6) is 0 Å². The molecule has 5 amide bonds. The molecule has 1 saturated heterocycles. The first-order valence-electron chi connectivity index (χ1n) is 18.0. The first-order valence-corrected chi connectivity index (χ1v) is 18.0. The number of nitrogens with one attached hydrogen (secondary N) is 3. The van der Waals surface area contributed by atoms with Crippen molar-refractivity contribution < 1.29 is 33.5 Å². The van der Waals surface area contributed by atoms with Crippen molar-refractivity contribution in [2.24, 2.45) is 35.3 Å². The van der Waals surface area contributed by atoms with Crippen molar-refractivity contribution in [3.05, 3.63) is 35.9 Å². The van der Waals surface area contributed by atoms with E-state index >= 15 is 0 Å². The molecule has 270 valence electrons. The normalized spacial score (nSPS) is 22.1. The number of urea groups is 1. The molecule has 1 aromatic carbocycles. The van der Waals surface area contributed by atoms with Crippen LogP contribution in [0.25, 0.3) is 0 Å². The highest BCUT2D eigenvalue weighted by Crippen LogP contribution is 2.36. The van der Waals surface area contributed by atoms with Gasteiger partial charge in [-0.15, -0.1) is 0 Å². The molecule has 1 heterocycles. The molecular formula is C37H55N5O7. The number of carbonyl (C=O) groups excluding carboxylic acids is 6. The van der Waals surface area contributed by atoms with Gasteiger partial charge in [0.25, 0.3) is 5.91 Å². The number of rotatable bonds is 15. The summed E-state index contributed by atoms with van der Waals surface area (Å²) in [6, 6.07) is 5.72. The van der Waals surface area contributed by atoms with Gasteiger partial charge in [-0.3, -0.25) is 19.2 Å². The number of primary amides is 1. The monoisotopic (exact) mass is 681 g/mol. The molecule has 2 aliphatic carbocycles. The van der Waals surface area contributed by atoms with Gasteiger partial charge in [0.15, 0.2) is 0 Å². The molecule has 5 N–H and O–H groups in total. The molecular weight excluding hydrogens is 626 g/mol. The maximum atomic E-state index is 14.5. The number of ketones is 1. The lowest BCUT2D eigenvalue weighted by Crippen LogP contribution is -2.63. The number of amides is 5. The molecule has 0 bridgehead atoms. The Balaban J connectivity index is 1.54. The smallest absolute Gasteiger partial charge is 0.332 e. The molecule has 12 heteroatoms. The number of benzene rings is 1. The van der Waals surface area contributed by atoms with E-state index in [1.54, 1.807) is 6.92 Å². The van der Waals surface area contributed by atoms with Crippen molar-refractivity contribution in [1.29, 1.82) is 0 Å². The number of nitrogens with zero attached hydrogens (tertiary/aromatic N) is 1. The van der Waals surface area contributed by atoms with Gasteiger partial charge in [0, 0.05) is 6.54 Å². The molecule has 3 fully saturated rings. The third-order valence-electron chi connectivity index (χ3n) is 10.8. The molecule has 49 heavy (non-hydrogen) atoms. The highest BCUT2D eigenvalue weighted by Gasteiger charge is 2.48. The van der Waals surface area contributed by atoms with Crippen molar-refractivity contribution in [2.45, 2.75) is 123 Å². The van der Waals surface area contributed by atoms with Gasteiger partial charge in [-0.05, 0) is 67.8 Å². The highest BCUT2D eigenvalue weighted by molar-refractivity contribution is 6.37. The fourth-order valence-corrected chi connectivity index (χ4v) is 7.19. The minimum atomic E-state index is -1.39. The Hall–Kier alpha value is -3.96. The van der Waals surface area contributed by atoms with Gasteiger partial charge in [-0.2, -0.15) is 0 Å². The average molecular weight is 682 g/mol. The lowest BCUT2D eigenvalue weighted by atomic mass is 9.82. The van der Waals surface area contributed by atoms with Gasteiger partial charge in [-0.25, -0.2) is 9.59 Å². The van der Waals surface area contributed by atoms with Crippen molar-refractivity contribution >= 4 is 35.5 Å².